The molecule has 136 valence electrons. The number of rotatable bonds is 10. The summed E-state index contributed by atoms with van der Waals surface area (Å²) in [5, 5.41) is 8.96. The van der Waals surface area contributed by atoms with E-state index >= 15 is 0 Å². The molecule has 5 nitrogen and oxygen atoms in total. The number of carbonyl (C=O) groups excluding carboxylic acids is 2. The molecule has 1 unspecified atom stereocenters. The molecule has 0 fully saturated rings. The maximum Gasteiger partial charge on any atom is 0.247 e. The van der Waals surface area contributed by atoms with Crippen LogP contribution in [0, 0.1) is 5.92 Å². The van der Waals surface area contributed by atoms with Crippen LogP contribution in [0.25, 0.3) is 0 Å². The molecule has 1 aromatic rings. The van der Waals surface area contributed by atoms with Gasteiger partial charge in [-0.1, -0.05) is 51.1 Å². The Bertz CT molecular complexity index is 480. The van der Waals surface area contributed by atoms with Crippen molar-refractivity contribution in [1.29, 1.82) is 0 Å². The number of hydrogen-bond acceptors (Lipinski definition) is 3. The second kappa shape index (κ2) is 12.8. The monoisotopic (exact) mass is 355 g/mol. The Morgan fingerprint density at radius 3 is 2.29 bits per heavy atom. The van der Waals surface area contributed by atoms with Crippen molar-refractivity contribution in [3.05, 3.63) is 35.9 Å². The molecule has 2 amide bonds. The third kappa shape index (κ3) is 8.89. The van der Waals surface area contributed by atoms with Crippen molar-refractivity contribution >= 4 is 24.2 Å². The van der Waals surface area contributed by atoms with Crippen LogP contribution in [0.1, 0.15) is 45.2 Å². The van der Waals surface area contributed by atoms with Gasteiger partial charge in [0.05, 0.1) is 0 Å². The quantitative estimate of drug-likeness (QED) is 0.564. The summed E-state index contributed by atoms with van der Waals surface area (Å²) in [6, 6.07) is 8.70. The zero-order valence-electron chi connectivity index (χ0n) is 14.8. The predicted octanol–water partition coefficient (Wildman–Crippen LogP) is 2.43. The minimum absolute atomic E-state index is 0. The molecule has 0 saturated carbocycles. The molecular formula is C18H30ClN3O2. The van der Waals surface area contributed by atoms with Gasteiger partial charge in [0.25, 0.3) is 0 Å². The maximum atomic E-state index is 12.4. The number of benzene rings is 1. The Morgan fingerprint density at radius 2 is 1.71 bits per heavy atom. The van der Waals surface area contributed by atoms with E-state index in [4.69, 9.17) is 0 Å². The lowest BCUT2D eigenvalue weighted by molar-refractivity contribution is -0.129. The molecule has 3 N–H and O–H groups in total. The Labute approximate surface area is 151 Å². The van der Waals surface area contributed by atoms with Gasteiger partial charge in [-0.2, -0.15) is 0 Å². The van der Waals surface area contributed by atoms with Crippen LogP contribution in [0.2, 0.25) is 0 Å². The van der Waals surface area contributed by atoms with Gasteiger partial charge in [-0.15, -0.1) is 12.4 Å². The molecular weight excluding hydrogens is 326 g/mol. The molecule has 0 aromatic heterocycles. The lowest BCUT2D eigenvalue weighted by atomic mass is 10.0. The largest absolute Gasteiger partial charge is 0.353 e. The Kier molecular flexibility index (Phi) is 11.9. The van der Waals surface area contributed by atoms with Crippen molar-refractivity contribution in [1.82, 2.24) is 16.0 Å². The normalized spacial score (nSPS) is 11.5. The van der Waals surface area contributed by atoms with E-state index in [1.54, 1.807) is 0 Å². The minimum atomic E-state index is -0.645. The number of carbonyl (C=O) groups is 2. The van der Waals surface area contributed by atoms with Crippen molar-refractivity contribution in [2.75, 3.05) is 19.6 Å². The molecule has 0 aliphatic carbocycles. The highest BCUT2D eigenvalue weighted by Gasteiger charge is 2.22. The van der Waals surface area contributed by atoms with Crippen molar-refractivity contribution in [2.45, 2.75) is 39.7 Å². The van der Waals surface area contributed by atoms with Crippen LogP contribution < -0.4 is 16.0 Å². The topological polar surface area (TPSA) is 70.2 Å². The summed E-state index contributed by atoms with van der Waals surface area (Å²) in [5.41, 5.74) is 0.795. The number of hydrogen-bond donors (Lipinski definition) is 3. The average molecular weight is 356 g/mol. The molecule has 0 aliphatic rings. The second-order valence-corrected chi connectivity index (χ2v) is 6.05. The molecule has 0 aliphatic heterocycles. The van der Waals surface area contributed by atoms with Crippen molar-refractivity contribution in [2.24, 2.45) is 5.92 Å². The first-order valence-electron chi connectivity index (χ1n) is 8.37. The van der Waals surface area contributed by atoms with Crippen LogP contribution in [0.5, 0.6) is 0 Å². The molecule has 0 heterocycles. The van der Waals surface area contributed by atoms with Gasteiger partial charge in [-0.3, -0.25) is 9.59 Å². The maximum absolute atomic E-state index is 12.4. The van der Waals surface area contributed by atoms with E-state index in [-0.39, 0.29) is 30.1 Å². The van der Waals surface area contributed by atoms with E-state index in [9.17, 15) is 9.59 Å². The third-order valence-corrected chi connectivity index (χ3v) is 3.32. The fourth-order valence-corrected chi connectivity index (χ4v) is 2.21. The smallest absolute Gasteiger partial charge is 0.247 e. The van der Waals surface area contributed by atoms with Gasteiger partial charge in [-0.05, 0) is 24.4 Å². The van der Waals surface area contributed by atoms with Gasteiger partial charge in [0.2, 0.25) is 11.8 Å². The van der Waals surface area contributed by atoms with E-state index < -0.39 is 6.04 Å². The van der Waals surface area contributed by atoms with E-state index in [0.29, 0.717) is 13.0 Å². The molecule has 0 bridgehead atoms. The highest BCUT2D eigenvalue weighted by Crippen LogP contribution is 2.13. The zero-order chi connectivity index (χ0) is 17.1. The molecule has 0 spiro atoms. The van der Waals surface area contributed by atoms with Gasteiger partial charge < -0.3 is 16.0 Å². The van der Waals surface area contributed by atoms with Crippen LogP contribution in [-0.2, 0) is 9.59 Å². The molecule has 0 saturated heterocycles. The van der Waals surface area contributed by atoms with Crippen LogP contribution in [0.3, 0.4) is 0 Å². The number of halogens is 1. The first-order valence-corrected chi connectivity index (χ1v) is 8.37. The number of nitrogens with one attached hydrogen (secondary N) is 3. The Balaban J connectivity index is 0.00000529. The summed E-state index contributed by atoms with van der Waals surface area (Å²) in [6.07, 6.45) is 1.47. The van der Waals surface area contributed by atoms with Crippen molar-refractivity contribution in [3.8, 4) is 0 Å². The first-order chi connectivity index (χ1) is 11.0. The third-order valence-electron chi connectivity index (χ3n) is 3.32. The molecule has 1 aromatic carbocycles. The van der Waals surface area contributed by atoms with Gasteiger partial charge >= 0.3 is 0 Å². The van der Waals surface area contributed by atoms with Crippen LogP contribution in [0.15, 0.2) is 30.3 Å². The highest BCUT2D eigenvalue weighted by atomic mass is 35.5. The fourth-order valence-electron chi connectivity index (χ4n) is 2.21. The molecule has 1 rings (SSSR count). The Hall–Kier alpha value is -1.59. The molecule has 1 atom stereocenters. The highest BCUT2D eigenvalue weighted by molar-refractivity contribution is 5.88. The van der Waals surface area contributed by atoms with E-state index in [2.05, 4.69) is 22.9 Å². The standard InChI is InChI=1S/C18H29N3O2.ClH/c1-4-10-19-11-12-20-18(23)17(15-8-6-5-7-9-15)21-16(22)13-14(2)3;/h5-9,14,17,19H,4,10-13H2,1-3H3,(H,20,23)(H,21,22);1H. The average Bonchev–Trinajstić information content (AvgIpc) is 2.52. The van der Waals surface area contributed by atoms with E-state index in [1.807, 2.05) is 44.2 Å². The molecule has 24 heavy (non-hydrogen) atoms. The number of amides is 2. The van der Waals surface area contributed by atoms with Crippen LogP contribution in [0.4, 0.5) is 0 Å². The predicted molar refractivity (Wildman–Crippen MR) is 100 cm³/mol. The summed E-state index contributed by atoms with van der Waals surface area (Å²) in [6.45, 7) is 8.26. The SMILES string of the molecule is CCCNCCNC(=O)C(NC(=O)CC(C)C)c1ccccc1.Cl. The summed E-state index contributed by atoms with van der Waals surface area (Å²) in [4.78, 5) is 24.5. The van der Waals surface area contributed by atoms with Gasteiger partial charge in [0, 0.05) is 19.5 Å². The van der Waals surface area contributed by atoms with Crippen molar-refractivity contribution in [3.63, 3.8) is 0 Å². The van der Waals surface area contributed by atoms with Gasteiger partial charge in [-0.25, -0.2) is 0 Å². The Morgan fingerprint density at radius 1 is 1.04 bits per heavy atom. The lowest BCUT2D eigenvalue weighted by Gasteiger charge is -2.19. The van der Waals surface area contributed by atoms with Gasteiger partial charge in [0.1, 0.15) is 6.04 Å². The first kappa shape index (κ1) is 22.4. The van der Waals surface area contributed by atoms with Crippen LogP contribution >= 0.6 is 12.4 Å². The fraction of sp³-hybridized carbons (Fsp3) is 0.556. The summed E-state index contributed by atoms with van der Waals surface area (Å²) < 4.78 is 0. The lowest BCUT2D eigenvalue weighted by Crippen LogP contribution is -2.42. The summed E-state index contributed by atoms with van der Waals surface area (Å²) in [5.74, 6) is -0.0209. The second-order valence-electron chi connectivity index (χ2n) is 6.05. The van der Waals surface area contributed by atoms with Gasteiger partial charge in [0.15, 0.2) is 0 Å². The van der Waals surface area contributed by atoms with Crippen molar-refractivity contribution < 1.29 is 9.59 Å². The zero-order valence-corrected chi connectivity index (χ0v) is 15.6. The van der Waals surface area contributed by atoms with Crippen LogP contribution in [-0.4, -0.2) is 31.4 Å². The van der Waals surface area contributed by atoms with E-state index in [1.165, 1.54) is 0 Å². The summed E-state index contributed by atoms with van der Waals surface area (Å²) in [7, 11) is 0. The summed E-state index contributed by atoms with van der Waals surface area (Å²) >= 11 is 0. The molecule has 0 radical (unpaired) electrons. The minimum Gasteiger partial charge on any atom is -0.353 e. The van der Waals surface area contributed by atoms with E-state index in [0.717, 1.165) is 25.1 Å². The molecule has 6 heteroatoms.